The van der Waals surface area contributed by atoms with E-state index in [0.717, 1.165) is 38.0 Å². The monoisotopic (exact) mass is 355 g/mol. The molecule has 24 heavy (non-hydrogen) atoms. The molecular formula is C16H25N3O4S. The van der Waals surface area contributed by atoms with Crippen LogP contribution < -0.4 is 9.62 Å². The Labute approximate surface area is 143 Å². The summed E-state index contributed by atoms with van der Waals surface area (Å²) in [5, 5.41) is 0. The van der Waals surface area contributed by atoms with Crippen LogP contribution >= 0.6 is 0 Å². The van der Waals surface area contributed by atoms with Gasteiger partial charge in [0.1, 0.15) is 5.82 Å². The van der Waals surface area contributed by atoms with Crippen LogP contribution in [0.5, 0.6) is 0 Å². The Morgan fingerprint density at radius 1 is 1.25 bits per heavy atom. The second kappa shape index (κ2) is 7.25. The molecule has 134 valence electrons. The molecular weight excluding hydrogens is 330 g/mol. The lowest BCUT2D eigenvalue weighted by atomic mass is 10.0. The molecule has 2 fully saturated rings. The Morgan fingerprint density at radius 2 is 1.96 bits per heavy atom. The van der Waals surface area contributed by atoms with Crippen LogP contribution in [0, 0.1) is 0 Å². The molecule has 2 aliphatic rings. The first-order valence-corrected chi connectivity index (χ1v) is 10.2. The SMILES string of the molecule is CCCCS(=O)(=O)Nc1ccc(N2CCC3(CC2)OCCO3)cn1. The van der Waals surface area contributed by atoms with E-state index in [0.29, 0.717) is 25.5 Å². The zero-order valence-corrected chi connectivity index (χ0v) is 14.8. The van der Waals surface area contributed by atoms with Crippen LogP contribution in [-0.4, -0.2) is 51.2 Å². The van der Waals surface area contributed by atoms with E-state index in [1.807, 2.05) is 13.0 Å². The number of nitrogens with one attached hydrogen (secondary N) is 1. The number of rotatable bonds is 6. The van der Waals surface area contributed by atoms with Gasteiger partial charge in [-0.15, -0.1) is 0 Å². The molecule has 0 bridgehead atoms. The van der Waals surface area contributed by atoms with Crippen LogP contribution in [0.3, 0.4) is 0 Å². The number of hydrogen-bond acceptors (Lipinski definition) is 6. The van der Waals surface area contributed by atoms with E-state index < -0.39 is 15.8 Å². The van der Waals surface area contributed by atoms with E-state index >= 15 is 0 Å². The summed E-state index contributed by atoms with van der Waals surface area (Å²) >= 11 is 0. The van der Waals surface area contributed by atoms with Crippen molar-refractivity contribution in [2.45, 2.75) is 38.4 Å². The van der Waals surface area contributed by atoms with Crippen LogP contribution in [0.1, 0.15) is 32.6 Å². The van der Waals surface area contributed by atoms with E-state index in [-0.39, 0.29) is 5.75 Å². The van der Waals surface area contributed by atoms with E-state index in [4.69, 9.17) is 9.47 Å². The van der Waals surface area contributed by atoms with Crippen LogP contribution in [-0.2, 0) is 19.5 Å². The van der Waals surface area contributed by atoms with Gasteiger partial charge in [-0.3, -0.25) is 4.72 Å². The number of ether oxygens (including phenoxy) is 2. The molecule has 0 radical (unpaired) electrons. The normalized spacial score (nSPS) is 20.5. The lowest BCUT2D eigenvalue weighted by molar-refractivity contribution is -0.169. The summed E-state index contributed by atoms with van der Waals surface area (Å²) in [5.74, 6) is 0.103. The zero-order valence-electron chi connectivity index (χ0n) is 14.0. The van der Waals surface area contributed by atoms with Crippen molar-refractivity contribution in [1.82, 2.24) is 4.98 Å². The molecule has 1 aromatic rings. The van der Waals surface area contributed by atoms with Gasteiger partial charge in [0.15, 0.2) is 5.79 Å². The van der Waals surface area contributed by atoms with Crippen molar-refractivity contribution in [2.75, 3.05) is 41.7 Å². The first-order valence-electron chi connectivity index (χ1n) is 8.51. The number of piperidine rings is 1. The van der Waals surface area contributed by atoms with Crippen molar-refractivity contribution in [3.05, 3.63) is 18.3 Å². The molecule has 1 spiro atoms. The minimum absolute atomic E-state index is 0.126. The Morgan fingerprint density at radius 3 is 2.54 bits per heavy atom. The molecule has 0 unspecified atom stereocenters. The van der Waals surface area contributed by atoms with Crippen LogP contribution in [0.25, 0.3) is 0 Å². The quantitative estimate of drug-likeness (QED) is 0.840. The average molecular weight is 355 g/mol. The van der Waals surface area contributed by atoms with Gasteiger partial charge < -0.3 is 14.4 Å². The molecule has 2 aliphatic heterocycles. The number of anilines is 2. The Hall–Kier alpha value is -1.38. The third-order valence-electron chi connectivity index (χ3n) is 4.48. The number of hydrogen-bond donors (Lipinski definition) is 1. The maximum absolute atomic E-state index is 11.9. The van der Waals surface area contributed by atoms with Gasteiger partial charge in [-0.1, -0.05) is 13.3 Å². The highest BCUT2D eigenvalue weighted by molar-refractivity contribution is 7.92. The van der Waals surface area contributed by atoms with Crippen molar-refractivity contribution in [3.63, 3.8) is 0 Å². The van der Waals surface area contributed by atoms with E-state index in [1.54, 1.807) is 12.3 Å². The topological polar surface area (TPSA) is 80.8 Å². The van der Waals surface area contributed by atoms with Crippen LogP contribution in [0.15, 0.2) is 18.3 Å². The fourth-order valence-electron chi connectivity index (χ4n) is 3.07. The van der Waals surface area contributed by atoms with Crippen molar-refractivity contribution >= 4 is 21.5 Å². The maximum atomic E-state index is 11.9. The molecule has 0 aliphatic carbocycles. The summed E-state index contributed by atoms with van der Waals surface area (Å²) in [7, 11) is -3.31. The minimum atomic E-state index is -3.31. The van der Waals surface area contributed by atoms with Gasteiger partial charge in [0, 0.05) is 25.9 Å². The lowest BCUT2D eigenvalue weighted by Gasteiger charge is -2.38. The minimum Gasteiger partial charge on any atom is -0.370 e. The van der Waals surface area contributed by atoms with Gasteiger partial charge in [0.25, 0.3) is 0 Å². The van der Waals surface area contributed by atoms with Gasteiger partial charge in [0.2, 0.25) is 10.0 Å². The van der Waals surface area contributed by atoms with E-state index in [2.05, 4.69) is 14.6 Å². The molecule has 0 aromatic carbocycles. The summed E-state index contributed by atoms with van der Waals surface area (Å²) in [4.78, 5) is 6.46. The van der Waals surface area contributed by atoms with Crippen molar-refractivity contribution in [2.24, 2.45) is 0 Å². The first-order chi connectivity index (χ1) is 11.5. The third kappa shape index (κ3) is 4.17. The fourth-order valence-corrected chi connectivity index (χ4v) is 4.28. The number of sulfonamides is 1. The van der Waals surface area contributed by atoms with Crippen molar-refractivity contribution in [3.8, 4) is 0 Å². The molecule has 1 N–H and O–H groups in total. The second-order valence-electron chi connectivity index (χ2n) is 6.27. The molecule has 0 amide bonds. The highest BCUT2D eigenvalue weighted by Gasteiger charge is 2.39. The van der Waals surface area contributed by atoms with Crippen LogP contribution in [0.2, 0.25) is 0 Å². The van der Waals surface area contributed by atoms with Gasteiger partial charge in [-0.2, -0.15) is 0 Å². The smallest absolute Gasteiger partial charge is 0.233 e. The Kier molecular flexibility index (Phi) is 5.27. The first kappa shape index (κ1) is 17.4. The van der Waals surface area contributed by atoms with Gasteiger partial charge in [-0.25, -0.2) is 13.4 Å². The van der Waals surface area contributed by atoms with Gasteiger partial charge in [-0.05, 0) is 18.6 Å². The molecule has 0 atom stereocenters. The predicted molar refractivity (Wildman–Crippen MR) is 92.6 cm³/mol. The molecule has 3 rings (SSSR count). The second-order valence-corrected chi connectivity index (χ2v) is 8.11. The Balaban J connectivity index is 1.57. The van der Waals surface area contributed by atoms with E-state index in [1.165, 1.54) is 0 Å². The maximum Gasteiger partial charge on any atom is 0.233 e. The van der Waals surface area contributed by atoms with Gasteiger partial charge >= 0.3 is 0 Å². The highest BCUT2D eigenvalue weighted by Crippen LogP contribution is 2.33. The molecule has 1 aromatic heterocycles. The predicted octanol–water partition coefficient (Wildman–Crippen LogP) is 1.97. The standard InChI is InChI=1S/C16H25N3O4S/c1-2-3-12-24(20,21)18-15-5-4-14(13-17-15)19-8-6-16(7-9-19)22-10-11-23-16/h4-5,13H,2-3,6-12H2,1H3,(H,17,18). The average Bonchev–Trinajstić information content (AvgIpc) is 3.02. The number of unbranched alkanes of at least 4 members (excludes halogenated alkanes) is 1. The fraction of sp³-hybridized carbons (Fsp3) is 0.688. The number of pyridine rings is 1. The lowest BCUT2D eigenvalue weighted by Crippen LogP contribution is -2.45. The largest absolute Gasteiger partial charge is 0.370 e. The molecule has 8 heteroatoms. The van der Waals surface area contributed by atoms with Crippen LogP contribution in [0.4, 0.5) is 11.5 Å². The third-order valence-corrected chi connectivity index (χ3v) is 5.82. The molecule has 7 nitrogen and oxygen atoms in total. The summed E-state index contributed by atoms with van der Waals surface area (Å²) in [6.07, 6.45) is 4.87. The zero-order chi connectivity index (χ0) is 17.0. The summed E-state index contributed by atoms with van der Waals surface area (Å²) < 4.78 is 37.8. The van der Waals surface area contributed by atoms with Crippen molar-refractivity contribution < 1.29 is 17.9 Å². The molecule has 3 heterocycles. The number of nitrogens with zero attached hydrogens (tertiary/aromatic N) is 2. The Bertz CT molecular complexity index is 632. The molecule has 0 saturated carbocycles. The summed E-state index contributed by atoms with van der Waals surface area (Å²) in [6, 6.07) is 3.62. The summed E-state index contributed by atoms with van der Waals surface area (Å²) in [6.45, 7) is 4.99. The number of aromatic nitrogens is 1. The van der Waals surface area contributed by atoms with E-state index in [9.17, 15) is 8.42 Å². The van der Waals surface area contributed by atoms with Crippen molar-refractivity contribution in [1.29, 1.82) is 0 Å². The highest BCUT2D eigenvalue weighted by atomic mass is 32.2. The molecule has 2 saturated heterocycles. The summed E-state index contributed by atoms with van der Waals surface area (Å²) in [5.41, 5.74) is 0.986. The van der Waals surface area contributed by atoms with Gasteiger partial charge in [0.05, 0.1) is 30.9 Å².